The monoisotopic (exact) mass is 959 g/mol. The van der Waals surface area contributed by atoms with E-state index in [0.29, 0.717) is 19.3 Å². The topological polar surface area (TPSA) is 78.9 Å². The standard InChI is InChI=1S/C62H118O6/c1-4-7-10-13-16-18-20-22-23-24-25-26-27-28-29-30-31-32-33-34-35-36-37-38-39-40-42-43-46-49-52-55-61(64)67-58-59(57-66-60(63)54-51-48-45-15-12-9-6-3)68-62(65)56-53-50-47-44-41-21-19-17-14-11-8-5-2/h17,19,59H,4-16,18,20-58H2,1-3H3/b19-17-. The molecule has 402 valence electrons. The van der Waals surface area contributed by atoms with Crippen LogP contribution < -0.4 is 0 Å². The molecule has 0 spiro atoms. The van der Waals surface area contributed by atoms with E-state index in [1.807, 2.05) is 0 Å². The number of unbranched alkanes of at least 4 members (excludes halogenated alkanes) is 44. The third kappa shape index (κ3) is 55.1. The number of ether oxygens (including phenoxy) is 3. The van der Waals surface area contributed by atoms with E-state index in [0.717, 1.165) is 64.2 Å². The minimum Gasteiger partial charge on any atom is -0.462 e. The average Bonchev–Trinajstić information content (AvgIpc) is 3.34. The van der Waals surface area contributed by atoms with Crippen LogP contribution in [0.1, 0.15) is 348 Å². The van der Waals surface area contributed by atoms with Gasteiger partial charge in [0.15, 0.2) is 6.10 Å². The predicted octanol–water partition coefficient (Wildman–Crippen LogP) is 20.5. The molecule has 0 aliphatic carbocycles. The lowest BCUT2D eigenvalue weighted by Crippen LogP contribution is -2.30. The van der Waals surface area contributed by atoms with E-state index in [1.165, 1.54) is 244 Å². The molecule has 6 nitrogen and oxygen atoms in total. The second-order valence-electron chi connectivity index (χ2n) is 21.0. The van der Waals surface area contributed by atoms with Crippen molar-refractivity contribution in [3.8, 4) is 0 Å². The van der Waals surface area contributed by atoms with Gasteiger partial charge in [-0.15, -0.1) is 0 Å². The Labute approximate surface area is 424 Å². The molecule has 0 aromatic rings. The van der Waals surface area contributed by atoms with Crippen LogP contribution in [0.4, 0.5) is 0 Å². The minimum absolute atomic E-state index is 0.0686. The largest absolute Gasteiger partial charge is 0.462 e. The lowest BCUT2D eigenvalue weighted by Gasteiger charge is -2.18. The first-order valence-corrected chi connectivity index (χ1v) is 30.7. The van der Waals surface area contributed by atoms with Crippen LogP contribution in [-0.2, 0) is 28.6 Å². The highest BCUT2D eigenvalue weighted by Crippen LogP contribution is 2.18. The van der Waals surface area contributed by atoms with Crippen LogP contribution in [0.5, 0.6) is 0 Å². The van der Waals surface area contributed by atoms with E-state index in [1.54, 1.807) is 0 Å². The predicted molar refractivity (Wildman–Crippen MR) is 293 cm³/mol. The van der Waals surface area contributed by atoms with Crippen molar-refractivity contribution in [2.24, 2.45) is 0 Å². The zero-order valence-electron chi connectivity index (χ0n) is 46.2. The molecule has 0 radical (unpaired) electrons. The number of hydrogen-bond donors (Lipinski definition) is 0. The number of carbonyl (C=O) groups excluding carboxylic acids is 3. The van der Waals surface area contributed by atoms with Gasteiger partial charge < -0.3 is 14.2 Å². The van der Waals surface area contributed by atoms with Crippen LogP contribution in [0.2, 0.25) is 0 Å². The summed E-state index contributed by atoms with van der Waals surface area (Å²) in [4.78, 5) is 37.9. The Morgan fingerprint density at radius 3 is 0.765 bits per heavy atom. The molecule has 0 aromatic heterocycles. The summed E-state index contributed by atoms with van der Waals surface area (Å²) in [6, 6.07) is 0. The SMILES string of the molecule is CCCCC/C=C\CCCCCCCC(=O)OC(COC(=O)CCCCCCCCC)COC(=O)CCCCCCCCCCCCCCCCCCCCCCCCCCCCCCCCC. The zero-order chi connectivity index (χ0) is 49.3. The van der Waals surface area contributed by atoms with Gasteiger partial charge in [0, 0.05) is 19.3 Å². The smallest absolute Gasteiger partial charge is 0.306 e. The molecular formula is C62H118O6. The summed E-state index contributed by atoms with van der Waals surface area (Å²) in [5.41, 5.74) is 0. The molecule has 6 heteroatoms. The molecule has 0 N–H and O–H groups in total. The van der Waals surface area contributed by atoms with Gasteiger partial charge in [-0.25, -0.2) is 0 Å². The van der Waals surface area contributed by atoms with Gasteiger partial charge in [0.05, 0.1) is 0 Å². The van der Waals surface area contributed by atoms with Crippen molar-refractivity contribution in [1.29, 1.82) is 0 Å². The fourth-order valence-corrected chi connectivity index (χ4v) is 9.38. The summed E-state index contributed by atoms with van der Waals surface area (Å²) in [5.74, 6) is -0.866. The first-order valence-electron chi connectivity index (χ1n) is 30.7. The second kappa shape index (κ2) is 57.7. The molecule has 0 rings (SSSR count). The molecule has 1 atom stereocenters. The summed E-state index contributed by atoms with van der Waals surface area (Å²) in [7, 11) is 0. The van der Waals surface area contributed by atoms with E-state index in [-0.39, 0.29) is 31.1 Å². The van der Waals surface area contributed by atoms with Crippen molar-refractivity contribution in [3.63, 3.8) is 0 Å². The van der Waals surface area contributed by atoms with Gasteiger partial charge in [0.1, 0.15) is 13.2 Å². The fourth-order valence-electron chi connectivity index (χ4n) is 9.38. The van der Waals surface area contributed by atoms with Gasteiger partial charge in [-0.1, -0.05) is 296 Å². The summed E-state index contributed by atoms with van der Waals surface area (Å²) < 4.78 is 16.8. The molecule has 0 amide bonds. The molecule has 0 fully saturated rings. The van der Waals surface area contributed by atoms with Gasteiger partial charge in [-0.2, -0.15) is 0 Å². The Kier molecular flexibility index (Phi) is 56.2. The van der Waals surface area contributed by atoms with Gasteiger partial charge >= 0.3 is 17.9 Å². The van der Waals surface area contributed by atoms with Gasteiger partial charge in [-0.3, -0.25) is 14.4 Å². The first-order chi connectivity index (χ1) is 33.5. The van der Waals surface area contributed by atoms with Crippen LogP contribution >= 0.6 is 0 Å². The van der Waals surface area contributed by atoms with Crippen LogP contribution in [0, 0.1) is 0 Å². The molecule has 68 heavy (non-hydrogen) atoms. The summed E-state index contributed by atoms with van der Waals surface area (Å²) >= 11 is 0. The molecule has 1 unspecified atom stereocenters. The Morgan fingerprint density at radius 1 is 0.279 bits per heavy atom. The third-order valence-electron chi connectivity index (χ3n) is 14.0. The fraction of sp³-hybridized carbons (Fsp3) is 0.919. The van der Waals surface area contributed by atoms with Gasteiger partial charge in [0.2, 0.25) is 0 Å². The Bertz CT molecular complexity index is 1060. The van der Waals surface area contributed by atoms with Crippen molar-refractivity contribution >= 4 is 17.9 Å². The van der Waals surface area contributed by atoms with Crippen molar-refractivity contribution in [1.82, 2.24) is 0 Å². The molecule has 0 aliphatic heterocycles. The van der Waals surface area contributed by atoms with E-state index in [4.69, 9.17) is 14.2 Å². The van der Waals surface area contributed by atoms with E-state index in [2.05, 4.69) is 32.9 Å². The number of esters is 3. The zero-order valence-corrected chi connectivity index (χ0v) is 46.2. The third-order valence-corrected chi connectivity index (χ3v) is 14.0. The second-order valence-corrected chi connectivity index (χ2v) is 21.0. The molecule has 0 heterocycles. The summed E-state index contributed by atoms with van der Waals surface area (Å²) in [6.07, 6.45) is 67.0. The maximum Gasteiger partial charge on any atom is 0.306 e. The van der Waals surface area contributed by atoms with Crippen LogP contribution in [0.15, 0.2) is 12.2 Å². The highest BCUT2D eigenvalue weighted by molar-refractivity contribution is 5.71. The molecule has 0 saturated heterocycles. The van der Waals surface area contributed by atoms with Crippen LogP contribution in [-0.4, -0.2) is 37.2 Å². The van der Waals surface area contributed by atoms with Crippen molar-refractivity contribution in [2.75, 3.05) is 13.2 Å². The minimum atomic E-state index is -0.767. The van der Waals surface area contributed by atoms with Crippen molar-refractivity contribution in [2.45, 2.75) is 354 Å². The molecule has 0 saturated carbocycles. The highest BCUT2D eigenvalue weighted by atomic mass is 16.6. The van der Waals surface area contributed by atoms with Gasteiger partial charge in [-0.05, 0) is 44.9 Å². The Morgan fingerprint density at radius 2 is 0.485 bits per heavy atom. The summed E-state index contributed by atoms with van der Waals surface area (Å²) in [6.45, 7) is 6.61. The maximum absolute atomic E-state index is 12.7. The quantitative estimate of drug-likeness (QED) is 0.0262. The van der Waals surface area contributed by atoms with Crippen molar-refractivity contribution in [3.05, 3.63) is 12.2 Å². The molecule has 0 bridgehead atoms. The lowest BCUT2D eigenvalue weighted by atomic mass is 10.0. The maximum atomic E-state index is 12.7. The lowest BCUT2D eigenvalue weighted by molar-refractivity contribution is -0.167. The number of rotatable bonds is 57. The average molecular weight is 960 g/mol. The van der Waals surface area contributed by atoms with Crippen molar-refractivity contribution < 1.29 is 28.6 Å². The normalized spacial score (nSPS) is 12.0. The number of allylic oxidation sites excluding steroid dienone is 2. The van der Waals surface area contributed by atoms with E-state index >= 15 is 0 Å². The molecule has 0 aromatic carbocycles. The summed E-state index contributed by atoms with van der Waals surface area (Å²) in [5, 5.41) is 0. The molecular weight excluding hydrogens is 841 g/mol. The Balaban J connectivity index is 3.91. The highest BCUT2D eigenvalue weighted by Gasteiger charge is 2.19. The van der Waals surface area contributed by atoms with Crippen LogP contribution in [0.3, 0.4) is 0 Å². The Hall–Kier alpha value is -1.85. The van der Waals surface area contributed by atoms with E-state index < -0.39 is 6.10 Å². The molecule has 0 aliphatic rings. The first kappa shape index (κ1) is 66.2. The van der Waals surface area contributed by atoms with Crippen LogP contribution in [0.25, 0.3) is 0 Å². The number of hydrogen-bond acceptors (Lipinski definition) is 6. The number of carbonyl (C=O) groups is 3. The van der Waals surface area contributed by atoms with E-state index in [9.17, 15) is 14.4 Å². The van der Waals surface area contributed by atoms with Gasteiger partial charge in [0.25, 0.3) is 0 Å².